The third kappa shape index (κ3) is 2.05. The van der Waals surface area contributed by atoms with Crippen LogP contribution >= 0.6 is 0 Å². The maximum atomic E-state index is 12.2. The Balaban J connectivity index is 1.65. The van der Waals surface area contributed by atoms with Crippen molar-refractivity contribution in [2.24, 2.45) is 40.4 Å². The Hall–Kier alpha value is -0.990. The van der Waals surface area contributed by atoms with E-state index in [0.717, 1.165) is 25.7 Å². The fourth-order valence-corrected chi connectivity index (χ4v) is 7.60. The summed E-state index contributed by atoms with van der Waals surface area (Å²) in [6.45, 7) is 6.42. The molecule has 3 heteroatoms. The molecule has 0 aliphatic heterocycles. The molecule has 0 N–H and O–H groups in total. The van der Waals surface area contributed by atoms with E-state index in [1.54, 1.807) is 6.92 Å². The zero-order valence-corrected chi connectivity index (χ0v) is 15.3. The number of hydrogen-bond acceptors (Lipinski definition) is 3. The van der Waals surface area contributed by atoms with Crippen molar-refractivity contribution in [3.8, 4) is 0 Å². The molecule has 4 fully saturated rings. The molecule has 3 nitrogen and oxygen atoms in total. The molecule has 7 unspecified atom stereocenters. The minimum Gasteiger partial charge on any atom is -0.300 e. The van der Waals surface area contributed by atoms with Crippen LogP contribution in [-0.2, 0) is 14.4 Å². The van der Waals surface area contributed by atoms with Crippen LogP contribution in [0.2, 0.25) is 0 Å². The molecule has 4 aliphatic rings. The van der Waals surface area contributed by atoms with Crippen molar-refractivity contribution in [3.05, 3.63) is 0 Å². The molecule has 0 heterocycles. The van der Waals surface area contributed by atoms with E-state index >= 15 is 0 Å². The van der Waals surface area contributed by atoms with Gasteiger partial charge in [0.05, 0.1) is 0 Å². The van der Waals surface area contributed by atoms with Gasteiger partial charge in [-0.05, 0) is 80.0 Å². The third-order valence-corrected chi connectivity index (χ3v) is 8.84. The van der Waals surface area contributed by atoms with Crippen LogP contribution < -0.4 is 0 Å². The van der Waals surface area contributed by atoms with Gasteiger partial charge >= 0.3 is 0 Å². The number of carbonyl (C=O) groups excluding carboxylic acids is 3. The van der Waals surface area contributed by atoms with E-state index in [1.165, 1.54) is 12.8 Å². The van der Waals surface area contributed by atoms with Crippen molar-refractivity contribution in [1.29, 1.82) is 0 Å². The molecule has 0 radical (unpaired) electrons. The van der Waals surface area contributed by atoms with Crippen LogP contribution in [-0.4, -0.2) is 17.3 Å². The Bertz CT molecular complexity index is 608. The maximum absolute atomic E-state index is 12.2. The summed E-state index contributed by atoms with van der Waals surface area (Å²) < 4.78 is 0. The Morgan fingerprint density at radius 1 is 0.917 bits per heavy atom. The Kier molecular flexibility index (Phi) is 3.61. The largest absolute Gasteiger partial charge is 0.300 e. The standard InChI is InChI=1S/C21H30O3/c1-12(22)15-6-7-16-14-5-4-13-10-18(23)19(24)11-21(13,3)17(14)8-9-20(15,16)2/h13-17H,4-11H2,1-3H3. The van der Waals surface area contributed by atoms with E-state index in [9.17, 15) is 14.4 Å². The summed E-state index contributed by atoms with van der Waals surface area (Å²) in [4.78, 5) is 36.2. The van der Waals surface area contributed by atoms with E-state index in [1.807, 2.05) is 0 Å². The van der Waals surface area contributed by atoms with Gasteiger partial charge in [-0.1, -0.05) is 13.8 Å². The molecule has 0 aromatic carbocycles. The molecule has 4 aliphatic carbocycles. The second-order valence-corrected chi connectivity index (χ2v) is 9.67. The highest BCUT2D eigenvalue weighted by atomic mass is 16.2. The molecule has 7 atom stereocenters. The van der Waals surface area contributed by atoms with E-state index in [4.69, 9.17) is 0 Å². The quantitative estimate of drug-likeness (QED) is 0.683. The fraction of sp³-hybridized carbons (Fsp3) is 0.857. The summed E-state index contributed by atoms with van der Waals surface area (Å²) in [6.07, 6.45) is 7.72. The zero-order valence-electron chi connectivity index (χ0n) is 15.3. The van der Waals surface area contributed by atoms with Crippen molar-refractivity contribution < 1.29 is 14.4 Å². The van der Waals surface area contributed by atoms with Gasteiger partial charge in [-0.3, -0.25) is 14.4 Å². The Morgan fingerprint density at radius 3 is 2.33 bits per heavy atom. The van der Waals surface area contributed by atoms with Gasteiger partial charge in [0.15, 0.2) is 11.6 Å². The summed E-state index contributed by atoms with van der Waals surface area (Å²) >= 11 is 0. The molecule has 4 saturated carbocycles. The zero-order chi connectivity index (χ0) is 17.3. The summed E-state index contributed by atoms with van der Waals surface area (Å²) in [5.41, 5.74) is 0.189. The molecule has 24 heavy (non-hydrogen) atoms. The minimum atomic E-state index is -0.130. The first kappa shape index (κ1) is 16.5. The monoisotopic (exact) mass is 330 g/mol. The predicted molar refractivity (Wildman–Crippen MR) is 91.3 cm³/mol. The van der Waals surface area contributed by atoms with Crippen molar-refractivity contribution in [2.75, 3.05) is 0 Å². The topological polar surface area (TPSA) is 51.2 Å². The lowest BCUT2D eigenvalue weighted by atomic mass is 9.44. The average Bonchev–Trinajstić information content (AvgIpc) is 2.86. The highest BCUT2D eigenvalue weighted by molar-refractivity contribution is 6.38. The first-order valence-corrected chi connectivity index (χ1v) is 9.84. The average molecular weight is 330 g/mol. The second kappa shape index (κ2) is 5.25. The SMILES string of the molecule is CC(=O)C1CCC2C3CCC4CC(=O)C(=O)CC4(C)C3CCC12C. The van der Waals surface area contributed by atoms with Crippen molar-refractivity contribution in [1.82, 2.24) is 0 Å². The van der Waals surface area contributed by atoms with E-state index in [2.05, 4.69) is 13.8 Å². The van der Waals surface area contributed by atoms with Crippen LogP contribution in [0.5, 0.6) is 0 Å². The van der Waals surface area contributed by atoms with Crippen LogP contribution in [0.25, 0.3) is 0 Å². The summed E-state index contributed by atoms with van der Waals surface area (Å²) in [7, 11) is 0. The molecule has 4 rings (SSSR count). The highest BCUT2D eigenvalue weighted by Gasteiger charge is 2.61. The van der Waals surface area contributed by atoms with E-state index in [-0.39, 0.29) is 28.3 Å². The first-order chi connectivity index (χ1) is 11.3. The van der Waals surface area contributed by atoms with Crippen molar-refractivity contribution in [2.45, 2.75) is 72.1 Å². The van der Waals surface area contributed by atoms with Crippen LogP contribution in [0.15, 0.2) is 0 Å². The number of hydrogen-bond donors (Lipinski definition) is 0. The molecular formula is C21H30O3. The van der Waals surface area contributed by atoms with E-state index < -0.39 is 0 Å². The van der Waals surface area contributed by atoms with Gasteiger partial charge < -0.3 is 0 Å². The van der Waals surface area contributed by atoms with Gasteiger partial charge in [-0.2, -0.15) is 0 Å². The molecule has 0 bridgehead atoms. The molecule has 0 amide bonds. The fourth-order valence-electron chi connectivity index (χ4n) is 7.60. The van der Waals surface area contributed by atoms with Gasteiger partial charge in [0.25, 0.3) is 0 Å². The Morgan fingerprint density at radius 2 is 1.62 bits per heavy atom. The lowest BCUT2D eigenvalue weighted by Gasteiger charge is -2.59. The number of carbonyl (C=O) groups is 3. The number of ketones is 3. The number of rotatable bonds is 1. The maximum Gasteiger partial charge on any atom is 0.198 e. The number of Topliss-reactive ketones (excluding diaryl/α,β-unsaturated/α-hetero) is 3. The highest BCUT2D eigenvalue weighted by Crippen LogP contribution is 2.67. The van der Waals surface area contributed by atoms with Crippen LogP contribution in [0.1, 0.15) is 72.1 Å². The third-order valence-electron chi connectivity index (χ3n) is 8.84. The van der Waals surface area contributed by atoms with Crippen LogP contribution in [0, 0.1) is 40.4 Å². The van der Waals surface area contributed by atoms with Gasteiger partial charge in [-0.15, -0.1) is 0 Å². The smallest absolute Gasteiger partial charge is 0.198 e. The molecule has 0 saturated heterocycles. The summed E-state index contributed by atoms with van der Waals surface area (Å²) in [6, 6.07) is 0. The van der Waals surface area contributed by atoms with Crippen molar-refractivity contribution >= 4 is 17.3 Å². The first-order valence-electron chi connectivity index (χ1n) is 9.84. The molecule has 0 spiro atoms. The van der Waals surface area contributed by atoms with Crippen LogP contribution in [0.3, 0.4) is 0 Å². The molecular weight excluding hydrogens is 300 g/mol. The lowest BCUT2D eigenvalue weighted by Crippen LogP contribution is -2.55. The second-order valence-electron chi connectivity index (χ2n) is 9.67. The minimum absolute atomic E-state index is 0.0174. The predicted octanol–water partition coefficient (Wildman–Crippen LogP) is 3.98. The normalized spacial score (nSPS) is 50.9. The van der Waals surface area contributed by atoms with Gasteiger partial charge in [-0.25, -0.2) is 0 Å². The number of fused-ring (bicyclic) bond motifs is 5. The van der Waals surface area contributed by atoms with Crippen LogP contribution in [0.4, 0.5) is 0 Å². The molecule has 0 aromatic rings. The lowest BCUT2D eigenvalue weighted by molar-refractivity contribution is -0.155. The van der Waals surface area contributed by atoms with Gasteiger partial charge in [0.2, 0.25) is 0 Å². The molecule has 132 valence electrons. The van der Waals surface area contributed by atoms with Gasteiger partial charge in [0, 0.05) is 18.8 Å². The van der Waals surface area contributed by atoms with E-state index in [0.29, 0.717) is 42.3 Å². The summed E-state index contributed by atoms with van der Waals surface area (Å²) in [5.74, 6) is 2.60. The van der Waals surface area contributed by atoms with Gasteiger partial charge in [0.1, 0.15) is 5.78 Å². The Labute approximate surface area is 144 Å². The van der Waals surface area contributed by atoms with Crippen molar-refractivity contribution in [3.63, 3.8) is 0 Å². The summed E-state index contributed by atoms with van der Waals surface area (Å²) in [5, 5.41) is 0. The molecule has 0 aromatic heterocycles.